The molecule has 20 heavy (non-hydrogen) atoms. The van der Waals surface area contributed by atoms with Gasteiger partial charge in [-0.05, 0) is 25.8 Å². The summed E-state index contributed by atoms with van der Waals surface area (Å²) < 4.78 is 33.2. The van der Waals surface area contributed by atoms with Crippen molar-refractivity contribution in [1.82, 2.24) is 13.9 Å². The molecule has 1 atom stereocenters. The van der Waals surface area contributed by atoms with E-state index in [1.807, 2.05) is 0 Å². The summed E-state index contributed by atoms with van der Waals surface area (Å²) in [6.45, 7) is 5.22. The van der Waals surface area contributed by atoms with E-state index < -0.39 is 10.2 Å². The second-order valence-corrected chi connectivity index (χ2v) is 7.27. The van der Waals surface area contributed by atoms with Gasteiger partial charge in [0.05, 0.1) is 6.61 Å². The number of hydrogen-bond donors (Lipinski definition) is 1. The predicted molar refractivity (Wildman–Crippen MR) is 80.9 cm³/mol. The van der Waals surface area contributed by atoms with Crippen molar-refractivity contribution in [3.8, 4) is 0 Å². The zero-order valence-corrected chi connectivity index (χ0v) is 13.8. The van der Waals surface area contributed by atoms with E-state index in [-0.39, 0.29) is 6.04 Å². The summed E-state index contributed by atoms with van der Waals surface area (Å²) in [4.78, 5) is 0. The smallest absolute Gasteiger partial charge is 0.282 e. The third-order valence-corrected chi connectivity index (χ3v) is 5.72. The molecule has 1 unspecified atom stereocenters. The van der Waals surface area contributed by atoms with Crippen LogP contribution in [-0.2, 0) is 14.9 Å². The molecule has 1 N–H and O–H groups in total. The molecule has 1 rings (SSSR count). The minimum atomic E-state index is -3.37. The molecule has 7 heteroatoms. The van der Waals surface area contributed by atoms with Crippen LogP contribution in [0.4, 0.5) is 0 Å². The van der Waals surface area contributed by atoms with Gasteiger partial charge >= 0.3 is 0 Å². The van der Waals surface area contributed by atoms with Crippen LogP contribution < -0.4 is 5.32 Å². The number of piperidine rings is 1. The average molecular weight is 307 g/mol. The van der Waals surface area contributed by atoms with E-state index in [9.17, 15) is 8.42 Å². The van der Waals surface area contributed by atoms with Gasteiger partial charge in [-0.3, -0.25) is 0 Å². The molecule has 6 nitrogen and oxygen atoms in total. The van der Waals surface area contributed by atoms with Crippen molar-refractivity contribution in [3.05, 3.63) is 0 Å². The number of hydrogen-bond acceptors (Lipinski definition) is 4. The van der Waals surface area contributed by atoms with Crippen LogP contribution in [0.3, 0.4) is 0 Å². The Hall–Kier alpha value is -0.210. The number of nitrogens with zero attached hydrogens (tertiary/aromatic N) is 2. The summed E-state index contributed by atoms with van der Waals surface area (Å²) in [5, 5.41) is 3.34. The Morgan fingerprint density at radius 1 is 1.40 bits per heavy atom. The molecule has 1 saturated heterocycles. The SMILES string of the molecule is CCCNCC1CCCCN1S(=O)(=O)N(C)CCOC. The number of rotatable bonds is 9. The van der Waals surface area contributed by atoms with Gasteiger partial charge in [0.15, 0.2) is 0 Å². The van der Waals surface area contributed by atoms with E-state index in [4.69, 9.17) is 4.74 Å². The maximum absolute atomic E-state index is 12.6. The van der Waals surface area contributed by atoms with Crippen LogP contribution in [-0.4, -0.2) is 70.0 Å². The molecule has 0 aromatic carbocycles. The molecule has 0 amide bonds. The molecule has 1 heterocycles. The minimum absolute atomic E-state index is 0.0743. The Balaban J connectivity index is 2.67. The molecule has 0 spiro atoms. The average Bonchev–Trinajstić information content (AvgIpc) is 2.45. The first-order valence-electron chi connectivity index (χ1n) is 7.46. The van der Waals surface area contributed by atoms with E-state index in [1.54, 1.807) is 18.5 Å². The Morgan fingerprint density at radius 2 is 2.15 bits per heavy atom. The van der Waals surface area contributed by atoms with Crippen LogP contribution in [0.1, 0.15) is 32.6 Å². The highest BCUT2D eigenvalue weighted by Crippen LogP contribution is 2.21. The second kappa shape index (κ2) is 8.94. The third-order valence-electron chi connectivity index (χ3n) is 3.68. The van der Waals surface area contributed by atoms with Crippen LogP contribution in [0.5, 0.6) is 0 Å². The van der Waals surface area contributed by atoms with Crippen LogP contribution in [0.2, 0.25) is 0 Å². The lowest BCUT2D eigenvalue weighted by molar-refractivity contribution is 0.176. The van der Waals surface area contributed by atoms with E-state index in [2.05, 4.69) is 12.2 Å². The normalized spacial score (nSPS) is 21.5. The van der Waals surface area contributed by atoms with Gasteiger partial charge in [-0.25, -0.2) is 0 Å². The molecule has 0 aromatic heterocycles. The van der Waals surface area contributed by atoms with Crippen molar-refractivity contribution in [2.75, 3.05) is 46.9 Å². The largest absolute Gasteiger partial charge is 0.383 e. The van der Waals surface area contributed by atoms with Gasteiger partial charge in [0.1, 0.15) is 0 Å². The van der Waals surface area contributed by atoms with Crippen LogP contribution in [0.15, 0.2) is 0 Å². The van der Waals surface area contributed by atoms with Crippen molar-refractivity contribution in [1.29, 1.82) is 0 Å². The van der Waals surface area contributed by atoms with Gasteiger partial charge in [0.25, 0.3) is 10.2 Å². The van der Waals surface area contributed by atoms with Crippen molar-refractivity contribution in [2.24, 2.45) is 0 Å². The minimum Gasteiger partial charge on any atom is -0.383 e. The molecule has 0 bridgehead atoms. The van der Waals surface area contributed by atoms with Crippen molar-refractivity contribution >= 4 is 10.2 Å². The highest BCUT2D eigenvalue weighted by atomic mass is 32.2. The highest BCUT2D eigenvalue weighted by Gasteiger charge is 2.34. The lowest BCUT2D eigenvalue weighted by Gasteiger charge is -2.37. The van der Waals surface area contributed by atoms with Crippen molar-refractivity contribution < 1.29 is 13.2 Å². The number of methoxy groups -OCH3 is 1. The second-order valence-electron chi connectivity index (χ2n) is 5.29. The van der Waals surface area contributed by atoms with Gasteiger partial charge in [0.2, 0.25) is 0 Å². The zero-order chi connectivity index (χ0) is 15.0. The Labute approximate surface area is 123 Å². The van der Waals surface area contributed by atoms with Gasteiger partial charge in [-0.2, -0.15) is 17.0 Å². The quantitative estimate of drug-likeness (QED) is 0.636. The molecule has 1 aliphatic heterocycles. The molecule has 0 saturated carbocycles. The summed E-state index contributed by atoms with van der Waals surface area (Å²) in [7, 11) is -0.167. The molecular weight excluding hydrogens is 278 g/mol. The van der Waals surface area contributed by atoms with Crippen LogP contribution >= 0.6 is 0 Å². The van der Waals surface area contributed by atoms with E-state index >= 15 is 0 Å². The fourth-order valence-corrected chi connectivity index (χ4v) is 4.02. The number of likely N-dealkylation sites (N-methyl/N-ethyl adjacent to an activating group) is 1. The maximum atomic E-state index is 12.6. The lowest BCUT2D eigenvalue weighted by Crippen LogP contribution is -2.53. The highest BCUT2D eigenvalue weighted by molar-refractivity contribution is 7.86. The Bertz CT molecular complexity index is 362. The molecule has 0 radical (unpaired) electrons. The first-order valence-corrected chi connectivity index (χ1v) is 8.86. The van der Waals surface area contributed by atoms with Crippen molar-refractivity contribution in [3.63, 3.8) is 0 Å². The third kappa shape index (κ3) is 4.96. The Morgan fingerprint density at radius 3 is 2.80 bits per heavy atom. The zero-order valence-electron chi connectivity index (χ0n) is 13.0. The number of nitrogens with one attached hydrogen (secondary N) is 1. The summed E-state index contributed by atoms with van der Waals surface area (Å²) in [6.07, 6.45) is 4.05. The van der Waals surface area contributed by atoms with Gasteiger partial charge in [-0.1, -0.05) is 13.3 Å². The Kier molecular flexibility index (Phi) is 7.98. The van der Waals surface area contributed by atoms with Crippen LogP contribution in [0, 0.1) is 0 Å². The maximum Gasteiger partial charge on any atom is 0.282 e. The topological polar surface area (TPSA) is 61.9 Å². The standard InChI is InChI=1S/C13H29N3O3S/c1-4-8-14-12-13-7-5-6-9-16(13)20(17,18)15(2)10-11-19-3/h13-14H,4-12H2,1-3H3. The number of ether oxygens (including phenoxy) is 1. The summed E-state index contributed by atoms with van der Waals surface area (Å²) in [5.41, 5.74) is 0. The molecule has 0 aromatic rings. The molecule has 1 aliphatic rings. The van der Waals surface area contributed by atoms with Crippen LogP contribution in [0.25, 0.3) is 0 Å². The fraction of sp³-hybridized carbons (Fsp3) is 1.00. The fourth-order valence-electron chi connectivity index (χ4n) is 2.44. The molecule has 0 aliphatic carbocycles. The van der Waals surface area contributed by atoms with E-state index in [1.165, 1.54) is 4.31 Å². The van der Waals surface area contributed by atoms with E-state index in [0.29, 0.717) is 19.7 Å². The predicted octanol–water partition coefficient (Wildman–Crippen LogP) is 0.664. The summed E-state index contributed by atoms with van der Waals surface area (Å²) in [6, 6.07) is 0.0743. The molecule has 1 fully saturated rings. The van der Waals surface area contributed by atoms with Crippen molar-refractivity contribution in [2.45, 2.75) is 38.6 Å². The first-order chi connectivity index (χ1) is 9.54. The molecule has 120 valence electrons. The molecular formula is C13H29N3O3S. The van der Waals surface area contributed by atoms with Gasteiger partial charge in [-0.15, -0.1) is 0 Å². The van der Waals surface area contributed by atoms with Gasteiger partial charge in [0, 0.05) is 39.8 Å². The van der Waals surface area contributed by atoms with Gasteiger partial charge < -0.3 is 10.1 Å². The van der Waals surface area contributed by atoms with E-state index in [0.717, 1.165) is 38.8 Å². The first kappa shape index (κ1) is 17.8. The monoisotopic (exact) mass is 307 g/mol. The summed E-state index contributed by atoms with van der Waals surface area (Å²) in [5.74, 6) is 0. The lowest BCUT2D eigenvalue weighted by atomic mass is 10.1. The summed E-state index contributed by atoms with van der Waals surface area (Å²) >= 11 is 0.